The highest BCUT2D eigenvalue weighted by Gasteiger charge is 2.03. The summed E-state index contributed by atoms with van der Waals surface area (Å²) in [6.07, 6.45) is 0. The Morgan fingerprint density at radius 2 is 2.25 bits per heavy atom. The zero-order valence-electron chi connectivity index (χ0n) is 6.31. The Morgan fingerprint density at radius 3 is 3.00 bits per heavy atom. The lowest BCUT2D eigenvalue weighted by atomic mass is 10.4. The van der Waals surface area contributed by atoms with Gasteiger partial charge in [0.25, 0.3) is 5.56 Å². The maximum Gasteiger partial charge on any atom is 0.261 e. The monoisotopic (exact) mass is 183 g/mol. The molecule has 0 aliphatic carbocycles. The molecule has 0 saturated heterocycles. The van der Waals surface area contributed by atoms with Gasteiger partial charge in [0.05, 0.1) is 5.39 Å². The number of nitrogens with one attached hydrogen (secondary N) is 2. The predicted molar refractivity (Wildman–Crippen MR) is 46.5 cm³/mol. The molecule has 0 fully saturated rings. The first kappa shape index (κ1) is 7.36. The smallest absolute Gasteiger partial charge is 0.261 e. The minimum atomic E-state index is -0.214. The van der Waals surface area contributed by atoms with Crippen molar-refractivity contribution in [1.82, 2.24) is 15.0 Å². The molecule has 0 aliphatic heterocycles. The van der Waals surface area contributed by atoms with Crippen LogP contribution in [-0.4, -0.2) is 15.0 Å². The Balaban J connectivity index is 2.98. The molecule has 0 spiro atoms. The first-order valence-corrected chi connectivity index (χ1v) is 3.80. The van der Waals surface area contributed by atoms with Gasteiger partial charge in [-0.2, -0.15) is 0 Å². The van der Waals surface area contributed by atoms with E-state index in [2.05, 4.69) is 15.0 Å². The SMILES string of the molecule is Cc1cc2c(=O)[nH]c(Cl)nc2[nH]1. The zero-order valence-corrected chi connectivity index (χ0v) is 7.07. The molecule has 62 valence electrons. The summed E-state index contributed by atoms with van der Waals surface area (Å²) < 4.78 is 0. The Hall–Kier alpha value is -1.29. The molecule has 5 heteroatoms. The third-order valence-electron chi connectivity index (χ3n) is 1.60. The standard InChI is InChI=1S/C7H6ClN3O/c1-3-2-4-5(9-3)10-7(8)11-6(4)12/h2H,1H3,(H2,9,10,11,12). The summed E-state index contributed by atoms with van der Waals surface area (Å²) in [6.45, 7) is 1.86. The van der Waals surface area contributed by atoms with Crippen LogP contribution in [0.15, 0.2) is 10.9 Å². The second-order valence-corrected chi connectivity index (χ2v) is 2.93. The summed E-state index contributed by atoms with van der Waals surface area (Å²) in [5.74, 6) is 0. The van der Waals surface area contributed by atoms with Crippen LogP contribution in [0.3, 0.4) is 0 Å². The summed E-state index contributed by atoms with van der Waals surface area (Å²) in [4.78, 5) is 20.5. The van der Waals surface area contributed by atoms with Gasteiger partial charge in [-0.25, -0.2) is 4.98 Å². The molecule has 0 aliphatic rings. The van der Waals surface area contributed by atoms with E-state index in [1.54, 1.807) is 6.07 Å². The average molecular weight is 184 g/mol. The molecule has 2 aromatic rings. The zero-order chi connectivity index (χ0) is 8.72. The van der Waals surface area contributed by atoms with Crippen LogP contribution in [0.5, 0.6) is 0 Å². The molecule has 0 atom stereocenters. The molecule has 0 bridgehead atoms. The van der Waals surface area contributed by atoms with E-state index in [4.69, 9.17) is 11.6 Å². The van der Waals surface area contributed by atoms with E-state index in [1.807, 2.05) is 6.92 Å². The van der Waals surface area contributed by atoms with Gasteiger partial charge in [0.1, 0.15) is 5.65 Å². The topological polar surface area (TPSA) is 61.5 Å². The summed E-state index contributed by atoms with van der Waals surface area (Å²) in [5.41, 5.74) is 1.21. The molecule has 0 aromatic carbocycles. The minimum Gasteiger partial charge on any atom is -0.343 e. The molecule has 2 N–H and O–H groups in total. The van der Waals surface area contributed by atoms with Gasteiger partial charge in [-0.05, 0) is 24.6 Å². The first-order valence-electron chi connectivity index (χ1n) is 3.42. The lowest BCUT2D eigenvalue weighted by Crippen LogP contribution is -2.06. The highest BCUT2D eigenvalue weighted by molar-refractivity contribution is 6.28. The number of aryl methyl sites for hydroxylation is 1. The Labute approximate surface area is 72.6 Å². The van der Waals surface area contributed by atoms with Crippen LogP contribution in [0.1, 0.15) is 5.69 Å². The quantitative estimate of drug-likeness (QED) is 0.604. The summed E-state index contributed by atoms with van der Waals surface area (Å²) in [5, 5.41) is 0.645. The number of H-pyrrole nitrogens is 2. The number of hydrogen-bond donors (Lipinski definition) is 2. The van der Waals surface area contributed by atoms with Crippen molar-refractivity contribution in [3.8, 4) is 0 Å². The summed E-state index contributed by atoms with van der Waals surface area (Å²) in [7, 11) is 0. The first-order chi connectivity index (χ1) is 5.66. The van der Waals surface area contributed by atoms with E-state index in [-0.39, 0.29) is 10.8 Å². The van der Waals surface area contributed by atoms with Crippen molar-refractivity contribution in [2.24, 2.45) is 0 Å². The number of halogens is 1. The number of fused-ring (bicyclic) bond motifs is 1. The third-order valence-corrected chi connectivity index (χ3v) is 1.78. The number of rotatable bonds is 0. The molecule has 2 heterocycles. The normalized spacial score (nSPS) is 10.8. The van der Waals surface area contributed by atoms with Crippen molar-refractivity contribution in [3.05, 3.63) is 27.4 Å². The van der Waals surface area contributed by atoms with Crippen LogP contribution in [0.2, 0.25) is 5.28 Å². The van der Waals surface area contributed by atoms with Crippen molar-refractivity contribution >= 4 is 22.6 Å². The molecular weight excluding hydrogens is 178 g/mol. The van der Waals surface area contributed by atoms with Gasteiger partial charge in [-0.1, -0.05) is 0 Å². The van der Waals surface area contributed by atoms with Crippen LogP contribution in [0, 0.1) is 6.92 Å². The molecule has 2 rings (SSSR count). The van der Waals surface area contributed by atoms with Crippen LogP contribution < -0.4 is 5.56 Å². The van der Waals surface area contributed by atoms with E-state index in [1.165, 1.54) is 0 Å². The van der Waals surface area contributed by atoms with E-state index in [0.717, 1.165) is 5.69 Å². The molecule has 12 heavy (non-hydrogen) atoms. The second kappa shape index (κ2) is 2.35. The second-order valence-electron chi connectivity index (χ2n) is 2.57. The number of nitrogens with zero attached hydrogens (tertiary/aromatic N) is 1. The van der Waals surface area contributed by atoms with E-state index in [0.29, 0.717) is 11.0 Å². The highest BCUT2D eigenvalue weighted by Crippen LogP contribution is 2.08. The fraction of sp³-hybridized carbons (Fsp3) is 0.143. The maximum atomic E-state index is 11.2. The van der Waals surface area contributed by atoms with Crippen LogP contribution >= 0.6 is 11.6 Å². The van der Waals surface area contributed by atoms with Crippen molar-refractivity contribution in [2.75, 3.05) is 0 Å². The van der Waals surface area contributed by atoms with Crippen molar-refractivity contribution < 1.29 is 0 Å². The molecule has 0 radical (unpaired) electrons. The van der Waals surface area contributed by atoms with E-state index >= 15 is 0 Å². The molecule has 0 unspecified atom stereocenters. The average Bonchev–Trinajstić information content (AvgIpc) is 2.29. The molecular formula is C7H6ClN3O. The highest BCUT2D eigenvalue weighted by atomic mass is 35.5. The van der Waals surface area contributed by atoms with Gasteiger partial charge < -0.3 is 4.98 Å². The van der Waals surface area contributed by atoms with Crippen molar-refractivity contribution in [3.63, 3.8) is 0 Å². The molecule has 2 aromatic heterocycles. The molecule has 0 saturated carbocycles. The number of aromatic nitrogens is 3. The van der Waals surface area contributed by atoms with Gasteiger partial charge in [-0.15, -0.1) is 0 Å². The minimum absolute atomic E-state index is 0.106. The summed E-state index contributed by atoms with van der Waals surface area (Å²) >= 11 is 5.55. The van der Waals surface area contributed by atoms with Gasteiger partial charge >= 0.3 is 0 Å². The van der Waals surface area contributed by atoms with E-state index in [9.17, 15) is 4.79 Å². The fourth-order valence-corrected chi connectivity index (χ4v) is 1.29. The van der Waals surface area contributed by atoms with Crippen LogP contribution in [-0.2, 0) is 0 Å². The van der Waals surface area contributed by atoms with E-state index < -0.39 is 0 Å². The van der Waals surface area contributed by atoms with Gasteiger partial charge in [-0.3, -0.25) is 9.78 Å². The van der Waals surface area contributed by atoms with Gasteiger partial charge in [0, 0.05) is 5.69 Å². The van der Waals surface area contributed by atoms with Crippen molar-refractivity contribution in [1.29, 1.82) is 0 Å². The number of aromatic amines is 2. The maximum absolute atomic E-state index is 11.2. The lowest BCUT2D eigenvalue weighted by Gasteiger charge is -1.88. The fourth-order valence-electron chi connectivity index (χ4n) is 1.12. The van der Waals surface area contributed by atoms with Crippen LogP contribution in [0.4, 0.5) is 0 Å². The van der Waals surface area contributed by atoms with Crippen LogP contribution in [0.25, 0.3) is 11.0 Å². The Bertz CT molecular complexity index is 485. The predicted octanol–water partition coefficient (Wildman–Crippen LogP) is 1.21. The number of hydrogen-bond acceptors (Lipinski definition) is 2. The molecule has 4 nitrogen and oxygen atoms in total. The summed E-state index contributed by atoms with van der Waals surface area (Å²) in [6, 6.07) is 1.73. The van der Waals surface area contributed by atoms with Gasteiger partial charge in [0.15, 0.2) is 0 Å². The Kier molecular flexibility index (Phi) is 1.44. The third kappa shape index (κ3) is 1.00. The van der Waals surface area contributed by atoms with Crippen molar-refractivity contribution in [2.45, 2.75) is 6.92 Å². The van der Waals surface area contributed by atoms with Gasteiger partial charge in [0.2, 0.25) is 5.28 Å². The Morgan fingerprint density at radius 1 is 1.50 bits per heavy atom. The lowest BCUT2D eigenvalue weighted by molar-refractivity contribution is 1.15. The molecule has 0 amide bonds. The largest absolute Gasteiger partial charge is 0.343 e.